The Hall–Kier alpha value is -2.08. The molecule has 0 aliphatic carbocycles. The first-order valence-electron chi connectivity index (χ1n) is 5.02. The van der Waals surface area contributed by atoms with Gasteiger partial charge in [-0.3, -0.25) is 0 Å². The van der Waals surface area contributed by atoms with Crippen LogP contribution in [0.3, 0.4) is 0 Å². The van der Waals surface area contributed by atoms with Gasteiger partial charge >= 0.3 is 0 Å². The lowest BCUT2D eigenvalue weighted by Crippen LogP contribution is -1.94. The number of benzene rings is 1. The predicted molar refractivity (Wildman–Crippen MR) is 66.7 cm³/mol. The first-order valence-corrected chi connectivity index (χ1v) is 5.84. The van der Waals surface area contributed by atoms with Gasteiger partial charge < -0.3 is 10.7 Å². The van der Waals surface area contributed by atoms with E-state index in [0.717, 1.165) is 21.2 Å². The number of hydrogen-bond acceptors (Lipinski definition) is 5. The summed E-state index contributed by atoms with van der Waals surface area (Å²) in [5, 5.41) is 1.57. The third kappa shape index (κ3) is 2.07. The minimum atomic E-state index is 0.270. The summed E-state index contributed by atoms with van der Waals surface area (Å²) in [6.45, 7) is 0. The van der Waals surface area contributed by atoms with Crippen LogP contribution < -0.4 is 5.73 Å². The highest BCUT2D eigenvalue weighted by Crippen LogP contribution is 2.25. The summed E-state index contributed by atoms with van der Waals surface area (Å²) in [6, 6.07) is 9.68. The van der Waals surface area contributed by atoms with Gasteiger partial charge in [0.25, 0.3) is 0 Å². The van der Waals surface area contributed by atoms with Gasteiger partial charge in [-0.2, -0.15) is 0 Å². The van der Waals surface area contributed by atoms with Crippen LogP contribution in [0, 0.1) is 0 Å². The molecule has 0 unspecified atom stereocenters. The molecule has 0 radical (unpaired) electrons. The lowest BCUT2D eigenvalue weighted by molar-refractivity contribution is 1.03. The quantitative estimate of drug-likeness (QED) is 0.673. The van der Waals surface area contributed by atoms with Gasteiger partial charge in [-0.05, 0) is 30.0 Å². The van der Waals surface area contributed by atoms with E-state index >= 15 is 0 Å². The number of nitrogens with one attached hydrogen (secondary N) is 1. The molecule has 6 heteroatoms. The number of nitrogens with two attached hydrogens (primary N) is 1. The lowest BCUT2D eigenvalue weighted by Gasteiger charge is -1.96. The van der Waals surface area contributed by atoms with Gasteiger partial charge in [0.05, 0.1) is 11.0 Å². The van der Waals surface area contributed by atoms with Gasteiger partial charge in [0.1, 0.15) is 5.03 Å². The molecule has 0 bridgehead atoms. The number of hydrogen-bond donors (Lipinski definition) is 2. The summed E-state index contributed by atoms with van der Waals surface area (Å²) in [5.74, 6) is 0.270. The van der Waals surface area contributed by atoms with E-state index in [1.807, 2.05) is 24.3 Å². The summed E-state index contributed by atoms with van der Waals surface area (Å²) >= 11 is 1.43. The molecule has 0 aliphatic heterocycles. The number of imidazole rings is 1. The molecule has 3 rings (SSSR count). The second-order valence-electron chi connectivity index (χ2n) is 3.41. The second kappa shape index (κ2) is 4.06. The number of nitrogen functional groups attached to an aromatic ring is 1. The highest BCUT2D eigenvalue weighted by Gasteiger charge is 2.05. The van der Waals surface area contributed by atoms with Crippen LogP contribution in [0.5, 0.6) is 0 Å². The predicted octanol–water partition coefficient (Wildman–Crippen LogP) is 2.09. The molecule has 0 spiro atoms. The monoisotopic (exact) mass is 243 g/mol. The molecule has 3 N–H and O–H groups in total. The summed E-state index contributed by atoms with van der Waals surface area (Å²) < 4.78 is 0. The molecule has 0 amide bonds. The van der Waals surface area contributed by atoms with Crippen molar-refractivity contribution in [3.8, 4) is 0 Å². The third-order valence-corrected chi connectivity index (χ3v) is 3.04. The number of fused-ring (bicyclic) bond motifs is 1. The number of aromatic nitrogens is 4. The Labute approximate surface area is 102 Å². The van der Waals surface area contributed by atoms with E-state index in [2.05, 4.69) is 19.9 Å². The van der Waals surface area contributed by atoms with E-state index in [-0.39, 0.29) is 5.95 Å². The fraction of sp³-hybridized carbons (Fsp3) is 0. The van der Waals surface area contributed by atoms with E-state index in [9.17, 15) is 0 Å². The molecule has 0 atom stereocenters. The molecule has 2 heterocycles. The standard InChI is InChI=1S/C11H9N5S/c12-10-13-6-5-9(16-10)17-11-14-7-3-1-2-4-8(7)15-11/h1-6H,(H,14,15)(H2,12,13,16). The average Bonchev–Trinajstić information content (AvgIpc) is 2.71. The maximum absolute atomic E-state index is 5.52. The van der Waals surface area contributed by atoms with Crippen LogP contribution in [-0.2, 0) is 0 Å². The van der Waals surface area contributed by atoms with Crippen molar-refractivity contribution >= 4 is 28.7 Å². The molecular formula is C11H9N5S. The van der Waals surface area contributed by atoms with Gasteiger partial charge in [-0.15, -0.1) is 0 Å². The Balaban J connectivity index is 1.94. The van der Waals surface area contributed by atoms with Crippen LogP contribution >= 0.6 is 11.8 Å². The van der Waals surface area contributed by atoms with E-state index < -0.39 is 0 Å². The Bertz CT molecular complexity index is 631. The Morgan fingerprint density at radius 1 is 1.12 bits per heavy atom. The van der Waals surface area contributed by atoms with E-state index in [0.29, 0.717) is 0 Å². The van der Waals surface area contributed by atoms with Crippen LogP contribution in [-0.4, -0.2) is 19.9 Å². The number of nitrogens with zero attached hydrogens (tertiary/aromatic N) is 3. The molecule has 3 aromatic rings. The van der Waals surface area contributed by atoms with E-state index in [1.165, 1.54) is 11.8 Å². The molecule has 17 heavy (non-hydrogen) atoms. The zero-order chi connectivity index (χ0) is 11.7. The maximum Gasteiger partial charge on any atom is 0.221 e. The van der Waals surface area contributed by atoms with Crippen LogP contribution in [0.25, 0.3) is 11.0 Å². The van der Waals surface area contributed by atoms with Crippen molar-refractivity contribution in [2.24, 2.45) is 0 Å². The smallest absolute Gasteiger partial charge is 0.221 e. The van der Waals surface area contributed by atoms with Gasteiger partial charge in [0, 0.05) is 6.20 Å². The van der Waals surface area contributed by atoms with Gasteiger partial charge in [0.2, 0.25) is 5.95 Å². The van der Waals surface area contributed by atoms with Crippen LogP contribution in [0.4, 0.5) is 5.95 Å². The van der Waals surface area contributed by atoms with Crippen LogP contribution in [0.15, 0.2) is 46.7 Å². The number of H-pyrrole nitrogens is 1. The fourth-order valence-corrected chi connectivity index (χ4v) is 2.26. The van der Waals surface area contributed by atoms with E-state index in [1.54, 1.807) is 12.3 Å². The van der Waals surface area contributed by atoms with Gasteiger partial charge in [-0.1, -0.05) is 12.1 Å². The molecular weight excluding hydrogens is 234 g/mol. The van der Waals surface area contributed by atoms with Crippen LogP contribution in [0.1, 0.15) is 0 Å². The zero-order valence-corrected chi connectivity index (χ0v) is 9.61. The summed E-state index contributed by atoms with van der Waals surface area (Å²) in [7, 11) is 0. The SMILES string of the molecule is Nc1nccc(Sc2nc3ccccc3[nH]2)n1. The van der Waals surface area contributed by atoms with Crippen molar-refractivity contribution in [1.82, 2.24) is 19.9 Å². The lowest BCUT2D eigenvalue weighted by atomic mass is 10.3. The molecule has 5 nitrogen and oxygen atoms in total. The van der Waals surface area contributed by atoms with Crippen molar-refractivity contribution in [1.29, 1.82) is 0 Å². The molecule has 84 valence electrons. The minimum Gasteiger partial charge on any atom is -0.368 e. The van der Waals surface area contributed by atoms with Crippen molar-refractivity contribution in [2.75, 3.05) is 5.73 Å². The largest absolute Gasteiger partial charge is 0.368 e. The second-order valence-corrected chi connectivity index (χ2v) is 4.42. The zero-order valence-electron chi connectivity index (χ0n) is 8.79. The highest BCUT2D eigenvalue weighted by atomic mass is 32.2. The number of para-hydroxylation sites is 2. The third-order valence-electron chi connectivity index (χ3n) is 2.22. The minimum absolute atomic E-state index is 0.270. The molecule has 0 saturated heterocycles. The summed E-state index contributed by atoms with van der Waals surface area (Å²) in [4.78, 5) is 15.6. The van der Waals surface area contributed by atoms with Crippen LogP contribution in [0.2, 0.25) is 0 Å². The van der Waals surface area contributed by atoms with Crippen molar-refractivity contribution in [3.05, 3.63) is 36.5 Å². The van der Waals surface area contributed by atoms with Gasteiger partial charge in [0.15, 0.2) is 5.16 Å². The molecule has 0 saturated carbocycles. The number of anilines is 1. The topological polar surface area (TPSA) is 80.5 Å². The van der Waals surface area contributed by atoms with Crippen molar-refractivity contribution in [2.45, 2.75) is 10.2 Å². The maximum atomic E-state index is 5.52. The van der Waals surface area contributed by atoms with Gasteiger partial charge in [-0.25, -0.2) is 15.0 Å². The average molecular weight is 243 g/mol. The Kier molecular flexibility index (Phi) is 2.41. The highest BCUT2D eigenvalue weighted by molar-refractivity contribution is 7.99. The Morgan fingerprint density at radius 3 is 2.82 bits per heavy atom. The Morgan fingerprint density at radius 2 is 2.00 bits per heavy atom. The van der Waals surface area contributed by atoms with Crippen molar-refractivity contribution in [3.63, 3.8) is 0 Å². The van der Waals surface area contributed by atoms with E-state index in [4.69, 9.17) is 5.73 Å². The molecule has 2 aromatic heterocycles. The number of aromatic amines is 1. The fourth-order valence-electron chi connectivity index (χ4n) is 1.49. The molecule has 0 aliphatic rings. The normalized spacial score (nSPS) is 10.8. The molecule has 0 fully saturated rings. The summed E-state index contributed by atoms with van der Waals surface area (Å²) in [5.41, 5.74) is 7.47. The first kappa shape index (κ1) is 10.1. The number of rotatable bonds is 2. The summed E-state index contributed by atoms with van der Waals surface area (Å²) in [6.07, 6.45) is 1.63. The first-order chi connectivity index (χ1) is 8.31. The van der Waals surface area contributed by atoms with Crippen molar-refractivity contribution < 1.29 is 0 Å². The molecule has 1 aromatic carbocycles.